The van der Waals surface area contributed by atoms with Crippen LogP contribution in [0.15, 0.2) is 24.3 Å². The van der Waals surface area contributed by atoms with Gasteiger partial charge in [-0.25, -0.2) is 4.98 Å². The maximum absolute atomic E-state index is 11.0. The van der Waals surface area contributed by atoms with Crippen LogP contribution >= 0.6 is 22.9 Å². The second kappa shape index (κ2) is 7.39. The minimum absolute atomic E-state index is 0.106. The Kier molecular flexibility index (Phi) is 5.11. The smallest absolute Gasteiger partial charge is 0.230 e. The van der Waals surface area contributed by atoms with Crippen LogP contribution in [0.3, 0.4) is 0 Å². The Labute approximate surface area is 167 Å². The maximum Gasteiger partial charge on any atom is 0.230 e. The highest BCUT2D eigenvalue weighted by atomic mass is 35.5. The molecule has 0 bridgehead atoms. The van der Waals surface area contributed by atoms with Crippen LogP contribution in [0.5, 0.6) is 5.88 Å². The normalized spacial score (nSPS) is 22.4. The maximum atomic E-state index is 11.0. The molecule has 2 aromatic heterocycles. The Bertz CT molecular complexity index is 946. The van der Waals surface area contributed by atoms with Crippen LogP contribution in [0.2, 0.25) is 5.02 Å². The first kappa shape index (κ1) is 18.7. The number of aromatic hydroxyl groups is 1. The van der Waals surface area contributed by atoms with Crippen molar-refractivity contribution in [2.45, 2.75) is 45.4 Å². The van der Waals surface area contributed by atoms with Crippen LogP contribution in [-0.2, 0) is 11.2 Å². The first-order valence-electron chi connectivity index (χ1n) is 9.19. The fourth-order valence-electron chi connectivity index (χ4n) is 3.75. The van der Waals surface area contributed by atoms with Crippen LogP contribution in [0, 0.1) is 0 Å². The molecule has 0 saturated carbocycles. The molecule has 1 fully saturated rings. The molecule has 4 rings (SSSR count). The van der Waals surface area contributed by atoms with Gasteiger partial charge in [0.2, 0.25) is 10.8 Å². The lowest BCUT2D eigenvalue weighted by Crippen LogP contribution is -2.47. The molecule has 0 amide bonds. The van der Waals surface area contributed by atoms with E-state index >= 15 is 0 Å². The number of thiazole rings is 1. The molecule has 1 N–H and O–H groups in total. The average molecular weight is 407 g/mol. The molecule has 1 saturated heterocycles. The molecule has 27 heavy (non-hydrogen) atoms. The van der Waals surface area contributed by atoms with Crippen LogP contribution in [0.4, 0.5) is 0 Å². The molecule has 3 aromatic rings. The molecule has 6 nitrogen and oxygen atoms in total. The topological polar surface area (TPSA) is 62.9 Å². The number of hydrogen-bond acceptors (Lipinski definition) is 6. The van der Waals surface area contributed by atoms with Crippen molar-refractivity contribution in [3.05, 3.63) is 45.6 Å². The molecular formula is C19H23ClN4O2S. The van der Waals surface area contributed by atoms with Crippen molar-refractivity contribution in [1.29, 1.82) is 0 Å². The highest BCUT2D eigenvalue weighted by Gasteiger charge is 2.35. The highest BCUT2D eigenvalue weighted by molar-refractivity contribution is 7.17. The van der Waals surface area contributed by atoms with Crippen LogP contribution in [0.25, 0.3) is 4.96 Å². The number of aryl methyl sites for hydroxylation is 1. The molecule has 0 aliphatic carbocycles. The van der Waals surface area contributed by atoms with Crippen molar-refractivity contribution in [2.24, 2.45) is 0 Å². The van der Waals surface area contributed by atoms with E-state index in [-0.39, 0.29) is 24.1 Å². The Morgan fingerprint density at radius 3 is 2.63 bits per heavy atom. The first-order valence-corrected chi connectivity index (χ1v) is 10.4. The molecule has 1 aliphatic heterocycles. The number of hydrogen-bond donors (Lipinski definition) is 1. The highest BCUT2D eigenvalue weighted by Crippen LogP contribution is 2.42. The molecule has 3 heterocycles. The van der Waals surface area contributed by atoms with E-state index in [9.17, 15) is 5.11 Å². The van der Waals surface area contributed by atoms with E-state index < -0.39 is 0 Å². The summed E-state index contributed by atoms with van der Waals surface area (Å²) in [6, 6.07) is 7.63. The number of halogens is 1. The summed E-state index contributed by atoms with van der Waals surface area (Å²) in [6.45, 7) is 7.66. The Morgan fingerprint density at radius 2 is 2.00 bits per heavy atom. The van der Waals surface area contributed by atoms with Gasteiger partial charge in [0.1, 0.15) is 0 Å². The summed E-state index contributed by atoms with van der Waals surface area (Å²) in [5.74, 6) is 0.866. The molecule has 0 spiro atoms. The van der Waals surface area contributed by atoms with Crippen molar-refractivity contribution >= 4 is 27.9 Å². The van der Waals surface area contributed by atoms with Crippen molar-refractivity contribution < 1.29 is 9.84 Å². The second-order valence-corrected chi connectivity index (χ2v) is 8.42. The Morgan fingerprint density at radius 1 is 1.30 bits per heavy atom. The van der Waals surface area contributed by atoms with E-state index in [0.717, 1.165) is 35.8 Å². The summed E-state index contributed by atoms with van der Waals surface area (Å²) < 4.78 is 7.45. The molecule has 0 radical (unpaired) electrons. The standard InChI is InChI=1S/C19H23ClN4O2S/c1-4-15-21-19-24(22-15)18(25)17(27-19)16(13-7-5-6-8-14(13)20)23-9-11(2)26-12(3)10-23/h5-8,11-12,16,25H,4,9-10H2,1-3H3/t11-,12+,16-/m0/s1. The van der Waals surface area contributed by atoms with Gasteiger partial charge >= 0.3 is 0 Å². The van der Waals surface area contributed by atoms with E-state index in [1.807, 2.05) is 31.2 Å². The lowest BCUT2D eigenvalue weighted by Gasteiger charge is -2.40. The SMILES string of the molecule is CCc1nc2sc([C@H](c3ccccc3Cl)N3C[C@@H](C)O[C@@H](C)C3)c(O)n2n1. The quantitative estimate of drug-likeness (QED) is 0.711. The summed E-state index contributed by atoms with van der Waals surface area (Å²) in [6.07, 6.45) is 0.944. The van der Waals surface area contributed by atoms with Gasteiger partial charge in [0.15, 0.2) is 5.82 Å². The summed E-state index contributed by atoms with van der Waals surface area (Å²) in [4.78, 5) is 8.35. The third kappa shape index (κ3) is 3.45. The van der Waals surface area contributed by atoms with E-state index in [1.165, 1.54) is 15.9 Å². The number of morpholine rings is 1. The monoisotopic (exact) mass is 406 g/mol. The zero-order valence-electron chi connectivity index (χ0n) is 15.6. The van der Waals surface area contributed by atoms with Crippen molar-refractivity contribution in [1.82, 2.24) is 19.5 Å². The number of ether oxygens (including phenoxy) is 1. The third-order valence-corrected chi connectivity index (χ3v) is 6.24. The van der Waals surface area contributed by atoms with Gasteiger partial charge in [-0.15, -0.1) is 5.10 Å². The fourth-order valence-corrected chi connectivity index (χ4v) is 5.11. The minimum atomic E-state index is -0.175. The van der Waals surface area contributed by atoms with Gasteiger partial charge in [-0.2, -0.15) is 4.52 Å². The molecule has 3 atom stereocenters. The first-order chi connectivity index (χ1) is 13.0. The van der Waals surface area contributed by atoms with Gasteiger partial charge in [-0.1, -0.05) is 48.1 Å². The molecule has 0 unspecified atom stereocenters. The van der Waals surface area contributed by atoms with Crippen LogP contribution in [0.1, 0.15) is 43.1 Å². The van der Waals surface area contributed by atoms with E-state index in [1.54, 1.807) is 0 Å². The number of aromatic nitrogens is 3. The van der Waals surface area contributed by atoms with E-state index in [4.69, 9.17) is 16.3 Å². The van der Waals surface area contributed by atoms with E-state index in [2.05, 4.69) is 28.8 Å². The molecular weight excluding hydrogens is 384 g/mol. The van der Waals surface area contributed by atoms with Crippen molar-refractivity contribution in [2.75, 3.05) is 13.1 Å². The summed E-state index contributed by atoms with van der Waals surface area (Å²) >= 11 is 8.03. The van der Waals surface area contributed by atoms with Crippen LogP contribution in [-0.4, -0.2) is 49.9 Å². The van der Waals surface area contributed by atoms with Crippen molar-refractivity contribution in [3.63, 3.8) is 0 Å². The second-order valence-electron chi connectivity index (χ2n) is 7.00. The van der Waals surface area contributed by atoms with Gasteiger partial charge < -0.3 is 9.84 Å². The van der Waals surface area contributed by atoms with Crippen molar-refractivity contribution in [3.8, 4) is 5.88 Å². The lowest BCUT2D eigenvalue weighted by atomic mass is 10.0. The van der Waals surface area contributed by atoms with Gasteiger partial charge in [-0.3, -0.25) is 4.90 Å². The number of nitrogens with zero attached hydrogens (tertiary/aromatic N) is 4. The lowest BCUT2D eigenvalue weighted by molar-refractivity contribution is -0.0764. The molecule has 8 heteroatoms. The zero-order chi connectivity index (χ0) is 19.1. The summed E-state index contributed by atoms with van der Waals surface area (Å²) in [7, 11) is 0. The summed E-state index contributed by atoms with van der Waals surface area (Å²) in [5.41, 5.74) is 0.969. The number of fused-ring (bicyclic) bond motifs is 1. The van der Waals surface area contributed by atoms with Crippen LogP contribution < -0.4 is 0 Å². The van der Waals surface area contributed by atoms with E-state index in [0.29, 0.717) is 9.98 Å². The zero-order valence-corrected chi connectivity index (χ0v) is 17.2. The minimum Gasteiger partial charge on any atom is -0.492 e. The third-order valence-electron chi connectivity index (χ3n) is 4.82. The average Bonchev–Trinajstić information content (AvgIpc) is 3.16. The van der Waals surface area contributed by atoms with Gasteiger partial charge in [-0.05, 0) is 25.5 Å². The predicted octanol–water partition coefficient (Wildman–Crippen LogP) is 3.91. The Balaban J connectivity index is 1.84. The molecule has 1 aromatic carbocycles. The molecule has 1 aliphatic rings. The number of benzene rings is 1. The number of rotatable bonds is 4. The van der Waals surface area contributed by atoms with Gasteiger partial charge in [0.05, 0.1) is 23.1 Å². The van der Waals surface area contributed by atoms with Gasteiger partial charge in [0.25, 0.3) is 0 Å². The molecule has 144 valence electrons. The summed E-state index contributed by atoms with van der Waals surface area (Å²) in [5, 5.41) is 16.1. The Hall–Kier alpha value is -1.67. The fraction of sp³-hybridized carbons (Fsp3) is 0.474. The largest absolute Gasteiger partial charge is 0.492 e. The predicted molar refractivity (Wildman–Crippen MR) is 107 cm³/mol. The van der Waals surface area contributed by atoms with Gasteiger partial charge in [0, 0.05) is 24.5 Å².